The number of ether oxygens (including phenoxy) is 1. The van der Waals surface area contributed by atoms with E-state index in [0.717, 1.165) is 16.8 Å². The van der Waals surface area contributed by atoms with Gasteiger partial charge in [-0.2, -0.15) is 0 Å². The van der Waals surface area contributed by atoms with E-state index in [9.17, 15) is 9.18 Å². The van der Waals surface area contributed by atoms with Gasteiger partial charge in [0.25, 0.3) is 5.91 Å². The van der Waals surface area contributed by atoms with Gasteiger partial charge in [0.15, 0.2) is 0 Å². The van der Waals surface area contributed by atoms with Crippen LogP contribution in [0.4, 0.5) is 10.1 Å². The third-order valence-electron chi connectivity index (χ3n) is 4.45. The van der Waals surface area contributed by atoms with Gasteiger partial charge in [0, 0.05) is 22.2 Å². The van der Waals surface area contributed by atoms with E-state index >= 15 is 0 Å². The molecule has 1 amide bonds. The SMILES string of the molecule is Cc1cccc(NC(=O)c2csc(-c3cccc(OCc4ccccc4F)c3)n2)c1. The molecule has 1 N–H and O–H groups in total. The molecule has 3 aromatic carbocycles. The Labute approximate surface area is 178 Å². The van der Waals surface area contributed by atoms with Gasteiger partial charge in [-0.05, 0) is 42.8 Å². The van der Waals surface area contributed by atoms with Crippen LogP contribution in [-0.4, -0.2) is 10.9 Å². The number of hydrogen-bond donors (Lipinski definition) is 1. The molecule has 6 heteroatoms. The van der Waals surface area contributed by atoms with E-state index in [0.29, 0.717) is 22.0 Å². The van der Waals surface area contributed by atoms with Crippen LogP contribution in [0.2, 0.25) is 0 Å². The second kappa shape index (κ2) is 8.88. The monoisotopic (exact) mass is 418 g/mol. The molecule has 4 nitrogen and oxygen atoms in total. The molecule has 0 aliphatic heterocycles. The Morgan fingerprint density at radius 3 is 2.73 bits per heavy atom. The van der Waals surface area contributed by atoms with Gasteiger partial charge in [-0.1, -0.05) is 42.5 Å². The maximum absolute atomic E-state index is 13.8. The molecule has 0 aliphatic rings. The van der Waals surface area contributed by atoms with Crippen molar-refractivity contribution in [2.45, 2.75) is 13.5 Å². The van der Waals surface area contributed by atoms with Gasteiger partial charge >= 0.3 is 0 Å². The highest BCUT2D eigenvalue weighted by Gasteiger charge is 2.13. The van der Waals surface area contributed by atoms with Gasteiger partial charge in [0.2, 0.25) is 0 Å². The van der Waals surface area contributed by atoms with Crippen molar-refractivity contribution < 1.29 is 13.9 Å². The van der Waals surface area contributed by atoms with Crippen molar-refractivity contribution in [3.05, 3.63) is 101 Å². The highest BCUT2D eigenvalue weighted by molar-refractivity contribution is 7.13. The summed E-state index contributed by atoms with van der Waals surface area (Å²) in [6.45, 7) is 2.11. The largest absolute Gasteiger partial charge is 0.489 e. The molecule has 0 spiro atoms. The van der Waals surface area contributed by atoms with Gasteiger partial charge in [-0.3, -0.25) is 4.79 Å². The summed E-state index contributed by atoms with van der Waals surface area (Å²) in [5.41, 5.74) is 3.49. The zero-order chi connectivity index (χ0) is 20.9. The number of benzene rings is 3. The number of carbonyl (C=O) groups excluding carboxylic acids is 1. The fraction of sp³-hybridized carbons (Fsp3) is 0.0833. The van der Waals surface area contributed by atoms with Crippen molar-refractivity contribution in [2.24, 2.45) is 0 Å². The van der Waals surface area contributed by atoms with Crippen molar-refractivity contribution in [3.63, 3.8) is 0 Å². The number of hydrogen-bond acceptors (Lipinski definition) is 4. The molecule has 30 heavy (non-hydrogen) atoms. The summed E-state index contributed by atoms with van der Waals surface area (Å²) in [4.78, 5) is 17.0. The van der Waals surface area contributed by atoms with E-state index in [1.165, 1.54) is 17.4 Å². The molecular weight excluding hydrogens is 399 g/mol. The van der Waals surface area contributed by atoms with Crippen LogP contribution in [-0.2, 0) is 6.61 Å². The third-order valence-corrected chi connectivity index (χ3v) is 5.34. The first kappa shape index (κ1) is 19.8. The summed E-state index contributed by atoms with van der Waals surface area (Å²) in [6.07, 6.45) is 0. The van der Waals surface area contributed by atoms with E-state index in [2.05, 4.69) is 10.3 Å². The second-order valence-electron chi connectivity index (χ2n) is 6.77. The standard InChI is InChI=1S/C24H19FN2O2S/c1-16-6-4-9-19(12-16)26-23(28)22-15-30-24(27-22)17-8-5-10-20(13-17)29-14-18-7-2-3-11-21(18)25/h2-13,15H,14H2,1H3,(H,26,28). The van der Waals surface area contributed by atoms with Gasteiger partial charge in [-0.25, -0.2) is 9.37 Å². The molecule has 0 bridgehead atoms. The maximum Gasteiger partial charge on any atom is 0.275 e. The van der Waals surface area contributed by atoms with E-state index < -0.39 is 0 Å². The van der Waals surface area contributed by atoms with Crippen molar-refractivity contribution in [1.29, 1.82) is 0 Å². The van der Waals surface area contributed by atoms with Crippen molar-refractivity contribution in [2.75, 3.05) is 5.32 Å². The minimum atomic E-state index is -0.294. The number of carbonyl (C=O) groups is 1. The second-order valence-corrected chi connectivity index (χ2v) is 7.63. The van der Waals surface area contributed by atoms with E-state index in [-0.39, 0.29) is 18.3 Å². The summed E-state index contributed by atoms with van der Waals surface area (Å²) in [6, 6.07) is 21.5. The predicted octanol–water partition coefficient (Wildman–Crippen LogP) is 6.09. The molecule has 1 aromatic heterocycles. The number of amides is 1. The normalized spacial score (nSPS) is 10.6. The Bertz CT molecular complexity index is 1190. The molecule has 0 unspecified atom stereocenters. The lowest BCUT2D eigenvalue weighted by atomic mass is 10.2. The zero-order valence-corrected chi connectivity index (χ0v) is 17.1. The number of nitrogens with one attached hydrogen (secondary N) is 1. The smallest absolute Gasteiger partial charge is 0.275 e. The summed E-state index contributed by atoms with van der Waals surface area (Å²) < 4.78 is 19.5. The van der Waals surface area contributed by atoms with Gasteiger partial charge in [-0.15, -0.1) is 11.3 Å². The Balaban J connectivity index is 1.46. The van der Waals surface area contributed by atoms with Crippen LogP contribution in [0.25, 0.3) is 10.6 Å². The number of aromatic nitrogens is 1. The highest BCUT2D eigenvalue weighted by Crippen LogP contribution is 2.28. The molecule has 0 fully saturated rings. The van der Waals surface area contributed by atoms with Crippen molar-refractivity contribution >= 4 is 22.9 Å². The molecule has 0 saturated carbocycles. The molecule has 4 rings (SSSR count). The van der Waals surface area contributed by atoms with Gasteiger partial charge in [0.1, 0.15) is 28.9 Å². The Morgan fingerprint density at radius 2 is 1.90 bits per heavy atom. The van der Waals surface area contributed by atoms with Gasteiger partial charge in [0.05, 0.1) is 0 Å². The average Bonchev–Trinajstić information content (AvgIpc) is 3.24. The predicted molar refractivity (Wildman–Crippen MR) is 117 cm³/mol. The number of thiazole rings is 1. The molecule has 0 atom stereocenters. The average molecular weight is 418 g/mol. The van der Waals surface area contributed by atoms with Crippen molar-refractivity contribution in [3.8, 4) is 16.3 Å². The first-order valence-corrected chi connectivity index (χ1v) is 10.3. The number of rotatable bonds is 6. The first-order valence-electron chi connectivity index (χ1n) is 9.39. The van der Waals surface area contributed by atoms with E-state index in [1.807, 2.05) is 55.5 Å². The fourth-order valence-corrected chi connectivity index (χ4v) is 3.72. The molecular formula is C24H19FN2O2S. The molecule has 4 aromatic rings. The van der Waals surface area contributed by atoms with Crippen LogP contribution in [0, 0.1) is 12.7 Å². The molecule has 0 radical (unpaired) electrons. The molecule has 0 aliphatic carbocycles. The summed E-state index contributed by atoms with van der Waals surface area (Å²) in [5.74, 6) is 0.0598. The minimum absolute atomic E-state index is 0.137. The number of nitrogens with zero attached hydrogens (tertiary/aromatic N) is 1. The minimum Gasteiger partial charge on any atom is -0.489 e. The van der Waals surface area contributed by atoms with Crippen LogP contribution in [0.5, 0.6) is 5.75 Å². The lowest BCUT2D eigenvalue weighted by Gasteiger charge is -2.08. The molecule has 1 heterocycles. The van der Waals surface area contributed by atoms with Crippen molar-refractivity contribution in [1.82, 2.24) is 4.98 Å². The summed E-state index contributed by atoms with van der Waals surface area (Å²) >= 11 is 1.38. The van der Waals surface area contributed by atoms with Crippen LogP contribution in [0.1, 0.15) is 21.6 Å². The Morgan fingerprint density at radius 1 is 1.07 bits per heavy atom. The Hall–Kier alpha value is -3.51. The van der Waals surface area contributed by atoms with E-state index in [1.54, 1.807) is 23.6 Å². The van der Waals surface area contributed by atoms with Gasteiger partial charge < -0.3 is 10.1 Å². The van der Waals surface area contributed by atoms with Crippen LogP contribution < -0.4 is 10.1 Å². The lowest BCUT2D eigenvalue weighted by Crippen LogP contribution is -2.12. The lowest BCUT2D eigenvalue weighted by molar-refractivity contribution is 0.102. The third kappa shape index (κ3) is 4.72. The van der Waals surface area contributed by atoms with Crippen LogP contribution >= 0.6 is 11.3 Å². The first-order chi connectivity index (χ1) is 14.6. The molecule has 0 saturated heterocycles. The Kier molecular flexibility index (Phi) is 5.86. The highest BCUT2D eigenvalue weighted by atomic mass is 32.1. The quantitative estimate of drug-likeness (QED) is 0.412. The zero-order valence-electron chi connectivity index (χ0n) is 16.3. The number of anilines is 1. The van der Waals surface area contributed by atoms with Crippen LogP contribution in [0.15, 0.2) is 78.2 Å². The van der Waals surface area contributed by atoms with E-state index in [4.69, 9.17) is 4.74 Å². The number of aryl methyl sites for hydroxylation is 1. The summed E-state index contributed by atoms with van der Waals surface area (Å²) in [5, 5.41) is 5.30. The number of halogens is 1. The topological polar surface area (TPSA) is 51.2 Å². The molecule has 150 valence electrons. The fourth-order valence-electron chi connectivity index (χ4n) is 2.92. The maximum atomic E-state index is 13.8. The van der Waals surface area contributed by atoms with Crippen LogP contribution in [0.3, 0.4) is 0 Å². The summed E-state index contributed by atoms with van der Waals surface area (Å²) in [7, 11) is 0.